The Labute approximate surface area is 98.1 Å². The number of carbonyl (C=O) groups is 1. The zero-order chi connectivity index (χ0) is 9.97. The molecule has 0 saturated carbocycles. The second-order valence-corrected chi connectivity index (χ2v) is 5.53. The van der Waals surface area contributed by atoms with E-state index in [-0.39, 0.29) is 5.91 Å². The van der Waals surface area contributed by atoms with Crippen molar-refractivity contribution in [1.82, 2.24) is 5.32 Å². The van der Waals surface area contributed by atoms with E-state index in [0.29, 0.717) is 6.54 Å². The first-order valence-electron chi connectivity index (χ1n) is 4.12. The van der Waals surface area contributed by atoms with Gasteiger partial charge in [0.05, 0.1) is 4.88 Å². The van der Waals surface area contributed by atoms with E-state index in [2.05, 4.69) is 21.2 Å². The summed E-state index contributed by atoms with van der Waals surface area (Å²) < 4.78 is 2.39. The van der Waals surface area contributed by atoms with Gasteiger partial charge < -0.3 is 5.32 Å². The van der Waals surface area contributed by atoms with Crippen molar-refractivity contribution in [3.8, 4) is 0 Å². The number of halogens is 1. The summed E-state index contributed by atoms with van der Waals surface area (Å²) in [5.74, 6) is 0.0258. The fourth-order valence-corrected chi connectivity index (χ4v) is 3.35. The quantitative estimate of drug-likeness (QED) is 0.865. The Morgan fingerprint density at radius 1 is 1.50 bits per heavy atom. The van der Waals surface area contributed by atoms with Gasteiger partial charge in [0, 0.05) is 21.3 Å². The smallest absolute Gasteiger partial charge is 0.261 e. The van der Waals surface area contributed by atoms with Crippen LogP contribution in [0.2, 0.25) is 0 Å². The van der Waals surface area contributed by atoms with Crippen LogP contribution in [0.1, 0.15) is 9.67 Å². The van der Waals surface area contributed by atoms with Crippen LogP contribution in [0, 0.1) is 0 Å². The average molecular weight is 290 g/mol. The van der Waals surface area contributed by atoms with Crippen molar-refractivity contribution >= 4 is 53.9 Å². The maximum atomic E-state index is 11.6. The van der Waals surface area contributed by atoms with Gasteiger partial charge >= 0.3 is 0 Å². The van der Waals surface area contributed by atoms with Crippen molar-refractivity contribution in [3.63, 3.8) is 0 Å². The average Bonchev–Trinajstić information content (AvgIpc) is 2.72. The zero-order valence-electron chi connectivity index (χ0n) is 7.25. The molecule has 2 aromatic rings. The molecular formula is C9H8BrNOS2. The largest absolute Gasteiger partial charge is 0.351 e. The van der Waals surface area contributed by atoms with E-state index in [1.54, 1.807) is 22.7 Å². The van der Waals surface area contributed by atoms with Gasteiger partial charge in [-0.25, -0.2) is 0 Å². The Morgan fingerprint density at radius 3 is 3.07 bits per heavy atom. The van der Waals surface area contributed by atoms with Crippen LogP contribution in [-0.2, 0) is 0 Å². The minimum Gasteiger partial charge on any atom is -0.351 e. The van der Waals surface area contributed by atoms with Gasteiger partial charge in [-0.2, -0.15) is 0 Å². The van der Waals surface area contributed by atoms with Gasteiger partial charge in [0.1, 0.15) is 0 Å². The molecule has 0 aliphatic carbocycles. The van der Waals surface area contributed by atoms with Crippen molar-refractivity contribution < 1.29 is 4.79 Å². The summed E-state index contributed by atoms with van der Waals surface area (Å²) in [7, 11) is 0. The lowest BCUT2D eigenvalue weighted by Crippen LogP contribution is -2.24. The van der Waals surface area contributed by atoms with Crippen molar-refractivity contribution in [2.24, 2.45) is 0 Å². The van der Waals surface area contributed by atoms with Gasteiger partial charge in [-0.15, -0.1) is 22.7 Å². The summed E-state index contributed by atoms with van der Waals surface area (Å²) in [5, 5.41) is 5.66. The second kappa shape index (κ2) is 4.42. The van der Waals surface area contributed by atoms with Gasteiger partial charge in [-0.05, 0) is 17.5 Å². The van der Waals surface area contributed by atoms with Crippen molar-refractivity contribution in [1.29, 1.82) is 0 Å². The molecule has 1 N–H and O–H groups in total. The molecule has 0 unspecified atom stereocenters. The van der Waals surface area contributed by atoms with Crippen LogP contribution in [0.4, 0.5) is 0 Å². The summed E-state index contributed by atoms with van der Waals surface area (Å²) in [4.78, 5) is 12.4. The number of rotatable bonds is 3. The molecule has 14 heavy (non-hydrogen) atoms. The molecule has 0 bridgehead atoms. The zero-order valence-corrected chi connectivity index (χ0v) is 10.5. The van der Waals surface area contributed by atoms with Crippen LogP contribution in [-0.4, -0.2) is 17.8 Å². The number of fused-ring (bicyclic) bond motifs is 1. The SMILES string of the molecule is O=C(NCCBr)c1cc2sccc2s1. The molecule has 0 radical (unpaired) electrons. The van der Waals surface area contributed by atoms with E-state index in [4.69, 9.17) is 0 Å². The van der Waals surface area contributed by atoms with Crippen LogP contribution in [0.15, 0.2) is 17.5 Å². The third kappa shape index (κ3) is 1.99. The molecule has 5 heteroatoms. The lowest BCUT2D eigenvalue weighted by Gasteiger charge is -1.98. The standard InChI is InChI=1S/C9H8BrNOS2/c10-2-3-11-9(12)8-5-7-6(14-8)1-4-13-7/h1,4-5H,2-3H2,(H,11,12). The molecule has 0 atom stereocenters. The second-order valence-electron chi connectivity index (χ2n) is 2.70. The first-order valence-corrected chi connectivity index (χ1v) is 6.94. The van der Waals surface area contributed by atoms with Gasteiger partial charge in [0.15, 0.2) is 0 Å². The molecule has 0 aromatic carbocycles. The van der Waals surface area contributed by atoms with E-state index in [9.17, 15) is 4.79 Å². The third-order valence-corrected chi connectivity index (χ3v) is 4.23. The summed E-state index contributed by atoms with van der Waals surface area (Å²) in [6.45, 7) is 0.671. The molecule has 0 aliphatic heterocycles. The number of hydrogen-bond acceptors (Lipinski definition) is 3. The molecule has 0 saturated heterocycles. The first kappa shape index (κ1) is 10.1. The molecule has 2 rings (SSSR count). The van der Waals surface area contributed by atoms with Gasteiger partial charge in [-0.3, -0.25) is 4.79 Å². The molecule has 0 spiro atoms. The molecule has 74 valence electrons. The summed E-state index contributed by atoms with van der Waals surface area (Å²) in [6, 6.07) is 4.00. The predicted octanol–water partition coefficient (Wildman–Crippen LogP) is 3.09. The minimum atomic E-state index is 0.0258. The highest BCUT2D eigenvalue weighted by Crippen LogP contribution is 2.29. The van der Waals surface area contributed by atoms with E-state index >= 15 is 0 Å². The number of carbonyl (C=O) groups excluding carboxylic acids is 1. The number of alkyl halides is 1. The number of nitrogens with one attached hydrogen (secondary N) is 1. The molecule has 0 fully saturated rings. The molecule has 2 nitrogen and oxygen atoms in total. The van der Waals surface area contributed by atoms with Crippen LogP contribution in [0.3, 0.4) is 0 Å². The fraction of sp³-hybridized carbons (Fsp3) is 0.222. The Balaban J connectivity index is 2.18. The summed E-state index contributed by atoms with van der Waals surface area (Å²) in [6.07, 6.45) is 0. The number of amides is 1. The van der Waals surface area contributed by atoms with Crippen LogP contribution in [0.5, 0.6) is 0 Å². The Bertz CT molecular complexity index is 420. The van der Waals surface area contributed by atoms with E-state index < -0.39 is 0 Å². The van der Waals surface area contributed by atoms with Gasteiger partial charge in [0.25, 0.3) is 5.91 Å². The van der Waals surface area contributed by atoms with E-state index in [1.807, 2.05) is 17.5 Å². The topological polar surface area (TPSA) is 29.1 Å². The Kier molecular flexibility index (Phi) is 3.20. The van der Waals surface area contributed by atoms with Gasteiger partial charge in [0.2, 0.25) is 0 Å². The van der Waals surface area contributed by atoms with Crippen molar-refractivity contribution in [2.75, 3.05) is 11.9 Å². The third-order valence-electron chi connectivity index (χ3n) is 1.74. The molecule has 1 amide bonds. The van der Waals surface area contributed by atoms with E-state index in [1.165, 1.54) is 9.40 Å². The lowest BCUT2D eigenvalue weighted by atomic mass is 10.4. The summed E-state index contributed by atoms with van der Waals surface area (Å²) in [5.41, 5.74) is 0. The fourth-order valence-electron chi connectivity index (χ4n) is 1.13. The monoisotopic (exact) mass is 289 g/mol. The lowest BCUT2D eigenvalue weighted by molar-refractivity contribution is 0.0960. The first-order chi connectivity index (χ1) is 6.81. The minimum absolute atomic E-state index is 0.0258. The number of hydrogen-bond donors (Lipinski definition) is 1. The van der Waals surface area contributed by atoms with Crippen LogP contribution in [0.25, 0.3) is 9.40 Å². The molecule has 2 heterocycles. The molecule has 2 aromatic heterocycles. The maximum Gasteiger partial charge on any atom is 0.261 e. The summed E-state index contributed by atoms with van der Waals surface area (Å²) >= 11 is 6.48. The van der Waals surface area contributed by atoms with Crippen LogP contribution < -0.4 is 5.32 Å². The van der Waals surface area contributed by atoms with Crippen LogP contribution >= 0.6 is 38.6 Å². The Morgan fingerprint density at radius 2 is 2.36 bits per heavy atom. The Hall–Kier alpha value is -0.390. The molecular weight excluding hydrogens is 282 g/mol. The predicted molar refractivity (Wildman–Crippen MR) is 65.8 cm³/mol. The highest BCUT2D eigenvalue weighted by atomic mass is 79.9. The number of thiophene rings is 2. The van der Waals surface area contributed by atoms with Gasteiger partial charge in [-0.1, -0.05) is 15.9 Å². The maximum absolute atomic E-state index is 11.6. The van der Waals surface area contributed by atoms with Crippen molar-refractivity contribution in [3.05, 3.63) is 22.4 Å². The highest BCUT2D eigenvalue weighted by Gasteiger charge is 2.09. The van der Waals surface area contributed by atoms with Crippen molar-refractivity contribution in [2.45, 2.75) is 0 Å². The highest BCUT2D eigenvalue weighted by molar-refractivity contribution is 9.09. The van der Waals surface area contributed by atoms with E-state index in [0.717, 1.165) is 10.2 Å². The normalized spacial score (nSPS) is 10.6. The molecule has 0 aliphatic rings.